The lowest BCUT2D eigenvalue weighted by Gasteiger charge is -2.05. The monoisotopic (exact) mass is 322 g/mol. The highest BCUT2D eigenvalue weighted by Crippen LogP contribution is 2.14. The number of rotatable bonds is 9. The molecule has 0 saturated heterocycles. The summed E-state index contributed by atoms with van der Waals surface area (Å²) in [4.78, 5) is 22.9. The molecule has 5 heteroatoms. The molecule has 0 heterocycles. The lowest BCUT2D eigenvalue weighted by Crippen LogP contribution is -2.25. The number of ketones is 1. The molecule has 0 N–H and O–H groups in total. The molecule has 1 unspecified atom stereocenters. The quantitative estimate of drug-likeness (QED) is 0.328. The number of methoxy groups -OCH3 is 1. The number of carbonyl (C=O) groups excluding carboxylic acids is 2. The SMILES string of the molecule is CCCCOc1ccc(/C=C/CC(=O)C(S)C(=O)OC)cc1. The number of hydrogen-bond donors (Lipinski definition) is 1. The Kier molecular flexibility index (Phi) is 8.36. The molecule has 4 nitrogen and oxygen atoms in total. The molecule has 0 radical (unpaired) electrons. The average molecular weight is 322 g/mol. The van der Waals surface area contributed by atoms with Crippen LogP contribution >= 0.6 is 12.6 Å². The van der Waals surface area contributed by atoms with Crippen LogP contribution in [0.1, 0.15) is 31.7 Å². The first-order chi connectivity index (χ1) is 10.6. The Morgan fingerprint density at radius 2 is 1.95 bits per heavy atom. The molecule has 0 amide bonds. The first-order valence-corrected chi connectivity index (χ1v) is 7.78. The van der Waals surface area contributed by atoms with Gasteiger partial charge in [0.1, 0.15) is 5.75 Å². The van der Waals surface area contributed by atoms with Gasteiger partial charge in [0.2, 0.25) is 0 Å². The molecule has 0 spiro atoms. The van der Waals surface area contributed by atoms with Crippen LogP contribution < -0.4 is 4.74 Å². The summed E-state index contributed by atoms with van der Waals surface area (Å²) in [6.07, 6.45) is 5.81. The fraction of sp³-hybridized carbons (Fsp3) is 0.412. The van der Waals surface area contributed by atoms with Crippen LogP contribution in [0.2, 0.25) is 0 Å². The van der Waals surface area contributed by atoms with Gasteiger partial charge in [-0.05, 0) is 24.1 Å². The highest BCUT2D eigenvalue weighted by atomic mass is 32.1. The van der Waals surface area contributed by atoms with E-state index < -0.39 is 11.2 Å². The van der Waals surface area contributed by atoms with Crippen molar-refractivity contribution in [3.05, 3.63) is 35.9 Å². The van der Waals surface area contributed by atoms with Crippen molar-refractivity contribution in [1.29, 1.82) is 0 Å². The van der Waals surface area contributed by atoms with E-state index in [1.54, 1.807) is 6.08 Å². The van der Waals surface area contributed by atoms with Crippen LogP contribution in [0, 0.1) is 0 Å². The number of hydrogen-bond acceptors (Lipinski definition) is 5. The van der Waals surface area contributed by atoms with Crippen LogP contribution in [-0.4, -0.2) is 30.7 Å². The zero-order valence-corrected chi connectivity index (χ0v) is 13.8. The molecule has 0 aromatic heterocycles. The molecule has 120 valence electrons. The number of benzene rings is 1. The maximum Gasteiger partial charge on any atom is 0.326 e. The second-order valence-corrected chi connectivity index (χ2v) is 5.29. The minimum absolute atomic E-state index is 0.137. The molecule has 0 bridgehead atoms. The van der Waals surface area contributed by atoms with Gasteiger partial charge in [-0.3, -0.25) is 9.59 Å². The van der Waals surface area contributed by atoms with Gasteiger partial charge in [-0.2, -0.15) is 12.6 Å². The van der Waals surface area contributed by atoms with Gasteiger partial charge in [0.15, 0.2) is 11.0 Å². The third kappa shape index (κ3) is 6.35. The summed E-state index contributed by atoms with van der Waals surface area (Å²) >= 11 is 3.94. The summed E-state index contributed by atoms with van der Waals surface area (Å²) in [6, 6.07) is 7.63. The van der Waals surface area contributed by atoms with Crippen LogP contribution in [0.15, 0.2) is 30.3 Å². The van der Waals surface area contributed by atoms with Gasteiger partial charge in [-0.15, -0.1) is 0 Å². The third-order valence-electron chi connectivity index (χ3n) is 3.01. The summed E-state index contributed by atoms with van der Waals surface area (Å²) < 4.78 is 10.1. The third-order valence-corrected chi connectivity index (χ3v) is 3.50. The van der Waals surface area contributed by atoms with Crippen molar-refractivity contribution >= 4 is 30.5 Å². The fourth-order valence-corrected chi connectivity index (χ4v) is 1.89. The van der Waals surface area contributed by atoms with Crippen LogP contribution in [0.5, 0.6) is 5.75 Å². The standard InChI is InChI=1S/C17H22O4S/c1-3-4-12-21-14-10-8-13(9-11-14)6-5-7-15(18)16(22)17(19)20-2/h5-6,8-11,16,22H,3-4,7,12H2,1-2H3/b6-5+. The van der Waals surface area contributed by atoms with E-state index in [4.69, 9.17) is 4.74 Å². The van der Waals surface area contributed by atoms with Gasteiger partial charge in [0, 0.05) is 6.42 Å². The molecule has 22 heavy (non-hydrogen) atoms. The predicted molar refractivity (Wildman–Crippen MR) is 90.3 cm³/mol. The largest absolute Gasteiger partial charge is 0.494 e. The highest BCUT2D eigenvalue weighted by Gasteiger charge is 2.21. The molecule has 1 rings (SSSR count). The maximum absolute atomic E-state index is 11.7. The van der Waals surface area contributed by atoms with E-state index in [2.05, 4.69) is 24.3 Å². The Labute approximate surface area is 136 Å². The normalized spacial score (nSPS) is 12.1. The smallest absolute Gasteiger partial charge is 0.326 e. The molecular formula is C17H22O4S. The molecule has 0 saturated carbocycles. The Bertz CT molecular complexity index is 508. The lowest BCUT2D eigenvalue weighted by atomic mass is 10.1. The summed E-state index contributed by atoms with van der Waals surface area (Å²) in [5.41, 5.74) is 0.962. The van der Waals surface area contributed by atoms with Gasteiger partial charge < -0.3 is 9.47 Å². The summed E-state index contributed by atoms with van der Waals surface area (Å²) in [5, 5.41) is -1.02. The minimum Gasteiger partial charge on any atom is -0.494 e. The molecule has 0 aliphatic carbocycles. The van der Waals surface area contributed by atoms with Gasteiger partial charge in [0.25, 0.3) is 0 Å². The van der Waals surface area contributed by atoms with E-state index in [0.717, 1.165) is 30.8 Å². The van der Waals surface area contributed by atoms with E-state index in [1.807, 2.05) is 30.3 Å². The second-order valence-electron chi connectivity index (χ2n) is 4.77. The van der Waals surface area contributed by atoms with Crippen molar-refractivity contribution in [3.8, 4) is 5.75 Å². The Balaban J connectivity index is 2.46. The van der Waals surface area contributed by atoms with E-state index in [-0.39, 0.29) is 12.2 Å². The van der Waals surface area contributed by atoms with Crippen molar-refractivity contribution in [2.45, 2.75) is 31.4 Å². The number of carbonyl (C=O) groups is 2. The zero-order valence-electron chi connectivity index (χ0n) is 13.0. The zero-order chi connectivity index (χ0) is 16.4. The molecule has 1 aromatic rings. The maximum atomic E-state index is 11.7. The van der Waals surface area contributed by atoms with E-state index >= 15 is 0 Å². The molecule has 0 aliphatic heterocycles. The number of esters is 1. The summed E-state index contributed by atoms with van der Waals surface area (Å²) in [5.74, 6) is -0.0796. The molecule has 1 atom stereocenters. The lowest BCUT2D eigenvalue weighted by molar-refractivity contribution is -0.142. The average Bonchev–Trinajstić information content (AvgIpc) is 2.55. The summed E-state index contributed by atoms with van der Waals surface area (Å²) in [6.45, 7) is 2.84. The first-order valence-electron chi connectivity index (χ1n) is 7.26. The molecule has 0 aliphatic rings. The number of unbranched alkanes of at least 4 members (excludes halogenated alkanes) is 1. The Morgan fingerprint density at radius 3 is 2.55 bits per heavy atom. The van der Waals surface area contributed by atoms with Gasteiger partial charge in [0.05, 0.1) is 13.7 Å². The highest BCUT2D eigenvalue weighted by molar-refractivity contribution is 7.82. The van der Waals surface area contributed by atoms with Crippen LogP contribution in [-0.2, 0) is 14.3 Å². The topological polar surface area (TPSA) is 52.6 Å². The van der Waals surface area contributed by atoms with Crippen LogP contribution in [0.25, 0.3) is 6.08 Å². The Hall–Kier alpha value is -1.75. The second kappa shape index (κ2) is 10.1. The number of thiol groups is 1. The van der Waals surface area contributed by atoms with Gasteiger partial charge >= 0.3 is 5.97 Å². The van der Waals surface area contributed by atoms with Crippen molar-refractivity contribution in [1.82, 2.24) is 0 Å². The minimum atomic E-state index is -1.02. The van der Waals surface area contributed by atoms with Crippen molar-refractivity contribution in [3.63, 3.8) is 0 Å². The molecule has 1 aromatic carbocycles. The first kappa shape index (κ1) is 18.3. The van der Waals surface area contributed by atoms with Crippen molar-refractivity contribution < 1.29 is 19.1 Å². The number of ether oxygens (including phenoxy) is 2. The molecular weight excluding hydrogens is 300 g/mol. The Morgan fingerprint density at radius 1 is 1.27 bits per heavy atom. The predicted octanol–water partition coefficient (Wildman–Crippen LogP) is 3.31. The van der Waals surface area contributed by atoms with E-state index in [0.29, 0.717) is 0 Å². The van der Waals surface area contributed by atoms with E-state index in [9.17, 15) is 9.59 Å². The van der Waals surface area contributed by atoms with Crippen molar-refractivity contribution in [2.24, 2.45) is 0 Å². The number of allylic oxidation sites excluding steroid dienone is 1. The summed E-state index contributed by atoms with van der Waals surface area (Å²) in [7, 11) is 1.23. The van der Waals surface area contributed by atoms with Crippen LogP contribution in [0.4, 0.5) is 0 Å². The van der Waals surface area contributed by atoms with E-state index in [1.165, 1.54) is 7.11 Å². The molecule has 0 fully saturated rings. The van der Waals surface area contributed by atoms with Crippen molar-refractivity contribution in [2.75, 3.05) is 13.7 Å². The number of Topliss-reactive ketones (excluding diaryl/α,β-unsaturated/α-hetero) is 1. The van der Waals surface area contributed by atoms with Gasteiger partial charge in [-0.1, -0.05) is 37.6 Å². The van der Waals surface area contributed by atoms with Crippen LogP contribution in [0.3, 0.4) is 0 Å². The van der Waals surface area contributed by atoms with Gasteiger partial charge in [-0.25, -0.2) is 0 Å². The fourth-order valence-electron chi connectivity index (χ4n) is 1.68.